The molecule has 0 bridgehead atoms. The molecule has 0 amide bonds. The Bertz CT molecular complexity index is 523. The van der Waals surface area contributed by atoms with Crippen molar-refractivity contribution in [1.29, 1.82) is 0 Å². The van der Waals surface area contributed by atoms with Crippen LogP contribution in [0, 0.1) is 0 Å². The van der Waals surface area contributed by atoms with Crippen LogP contribution in [0.15, 0.2) is 29.6 Å². The van der Waals surface area contributed by atoms with E-state index in [9.17, 15) is 15.0 Å². The van der Waals surface area contributed by atoms with Gasteiger partial charge in [-0.05, 0) is 11.4 Å². The molecule has 0 radical (unpaired) electrons. The highest BCUT2D eigenvalue weighted by atomic mass is 32.1. The van der Waals surface area contributed by atoms with Crippen molar-refractivity contribution in [1.82, 2.24) is 0 Å². The molecule has 2 aromatic rings. The highest BCUT2D eigenvalue weighted by Gasteiger charge is 2.18. The topological polar surface area (TPSA) is 77.8 Å². The van der Waals surface area contributed by atoms with Gasteiger partial charge < -0.3 is 15.3 Å². The Morgan fingerprint density at radius 2 is 1.82 bits per heavy atom. The first-order valence-electron chi connectivity index (χ1n) is 4.88. The summed E-state index contributed by atoms with van der Waals surface area (Å²) in [4.78, 5) is 12.7. The minimum Gasteiger partial charge on any atom is -0.508 e. The lowest BCUT2D eigenvalue weighted by Gasteiger charge is -2.06. The lowest BCUT2D eigenvalue weighted by Crippen LogP contribution is -2.03. The quantitative estimate of drug-likeness (QED) is 0.730. The van der Waals surface area contributed by atoms with Gasteiger partial charge in [-0.15, -0.1) is 11.3 Å². The molecule has 2 rings (SSSR count). The van der Waals surface area contributed by atoms with Gasteiger partial charge in [0.05, 0.1) is 0 Å². The van der Waals surface area contributed by atoms with Crippen molar-refractivity contribution in [2.45, 2.75) is 6.42 Å². The molecule has 1 aromatic heterocycles. The second kappa shape index (κ2) is 4.47. The van der Waals surface area contributed by atoms with E-state index < -0.39 is 11.5 Å². The Morgan fingerprint density at radius 1 is 1.18 bits per heavy atom. The van der Waals surface area contributed by atoms with Crippen LogP contribution in [0.25, 0.3) is 0 Å². The summed E-state index contributed by atoms with van der Waals surface area (Å²) >= 11 is 1.43. The molecule has 0 saturated carbocycles. The third kappa shape index (κ3) is 2.39. The van der Waals surface area contributed by atoms with Gasteiger partial charge in [-0.1, -0.05) is 6.07 Å². The lowest BCUT2D eigenvalue weighted by molar-refractivity contribution is 0.0988. The molecule has 4 nitrogen and oxygen atoms in total. The molecule has 0 aliphatic rings. The number of rotatable bonds is 3. The number of hydrogen-bond acceptors (Lipinski definition) is 5. The maximum atomic E-state index is 11.9. The summed E-state index contributed by atoms with van der Waals surface area (Å²) in [5.74, 6) is -1.50. The molecule has 0 fully saturated rings. The Balaban J connectivity index is 2.31. The first kappa shape index (κ1) is 11.5. The third-order valence-electron chi connectivity index (χ3n) is 2.28. The second-order valence-corrected chi connectivity index (χ2v) is 4.57. The van der Waals surface area contributed by atoms with Crippen molar-refractivity contribution in [2.75, 3.05) is 0 Å². The Kier molecular flexibility index (Phi) is 3.01. The van der Waals surface area contributed by atoms with Gasteiger partial charge in [-0.25, -0.2) is 0 Å². The van der Waals surface area contributed by atoms with E-state index in [2.05, 4.69) is 0 Å². The van der Waals surface area contributed by atoms with Crippen LogP contribution in [0.1, 0.15) is 15.2 Å². The molecule has 17 heavy (non-hydrogen) atoms. The monoisotopic (exact) mass is 250 g/mol. The number of Topliss-reactive ketones (excluding diaryl/α,β-unsaturated/α-hetero) is 1. The first-order chi connectivity index (χ1) is 8.08. The summed E-state index contributed by atoms with van der Waals surface area (Å²) in [6.07, 6.45) is 0.115. The average molecular weight is 250 g/mol. The van der Waals surface area contributed by atoms with Crippen molar-refractivity contribution in [3.63, 3.8) is 0 Å². The summed E-state index contributed by atoms with van der Waals surface area (Å²) < 4.78 is 0. The number of carbonyl (C=O) groups is 1. The summed E-state index contributed by atoms with van der Waals surface area (Å²) in [5, 5.41) is 30.0. The van der Waals surface area contributed by atoms with E-state index >= 15 is 0 Å². The number of ketones is 1. The molecule has 1 aromatic carbocycles. The molecular formula is C12H10O4S. The largest absolute Gasteiger partial charge is 0.508 e. The summed E-state index contributed by atoms with van der Waals surface area (Å²) in [6, 6.07) is 5.68. The minimum absolute atomic E-state index is 0.115. The zero-order valence-electron chi connectivity index (χ0n) is 8.75. The van der Waals surface area contributed by atoms with Gasteiger partial charge in [0.15, 0.2) is 5.78 Å². The van der Waals surface area contributed by atoms with Crippen LogP contribution < -0.4 is 0 Å². The van der Waals surface area contributed by atoms with E-state index in [1.807, 2.05) is 11.4 Å². The molecule has 0 saturated heterocycles. The predicted molar refractivity (Wildman–Crippen MR) is 63.8 cm³/mol. The van der Waals surface area contributed by atoms with Gasteiger partial charge in [0.1, 0.15) is 22.8 Å². The normalized spacial score (nSPS) is 10.4. The molecular weight excluding hydrogens is 240 g/mol. The smallest absolute Gasteiger partial charge is 0.175 e. The zero-order valence-corrected chi connectivity index (χ0v) is 9.57. The lowest BCUT2D eigenvalue weighted by atomic mass is 10.0. The molecule has 0 unspecified atom stereocenters. The van der Waals surface area contributed by atoms with Crippen molar-refractivity contribution in [2.24, 2.45) is 0 Å². The van der Waals surface area contributed by atoms with Crippen molar-refractivity contribution < 1.29 is 20.1 Å². The minimum atomic E-state index is -0.413. The molecule has 0 spiro atoms. The summed E-state index contributed by atoms with van der Waals surface area (Å²) in [6.45, 7) is 0. The van der Waals surface area contributed by atoms with Gasteiger partial charge in [0, 0.05) is 23.4 Å². The van der Waals surface area contributed by atoms with E-state index in [1.54, 1.807) is 6.07 Å². The van der Waals surface area contributed by atoms with Crippen LogP contribution in [-0.4, -0.2) is 21.1 Å². The van der Waals surface area contributed by atoms with Crippen LogP contribution in [0.5, 0.6) is 17.2 Å². The fourth-order valence-corrected chi connectivity index (χ4v) is 2.25. The van der Waals surface area contributed by atoms with Crippen molar-refractivity contribution in [3.05, 3.63) is 40.1 Å². The Morgan fingerprint density at radius 3 is 2.35 bits per heavy atom. The highest BCUT2D eigenvalue weighted by Crippen LogP contribution is 2.33. The van der Waals surface area contributed by atoms with Crippen LogP contribution in [0.4, 0.5) is 0 Å². The summed E-state index contributed by atoms with van der Waals surface area (Å²) in [5.41, 5.74) is -0.156. The molecule has 3 N–H and O–H groups in total. The van der Waals surface area contributed by atoms with Gasteiger partial charge >= 0.3 is 0 Å². The van der Waals surface area contributed by atoms with E-state index in [0.29, 0.717) is 0 Å². The van der Waals surface area contributed by atoms with Crippen LogP contribution in [-0.2, 0) is 6.42 Å². The number of aromatic hydroxyl groups is 3. The summed E-state index contributed by atoms with van der Waals surface area (Å²) in [7, 11) is 0. The third-order valence-corrected chi connectivity index (χ3v) is 3.15. The number of hydrogen-bond donors (Lipinski definition) is 3. The SMILES string of the molecule is O=C(Cc1cccs1)c1c(O)cc(O)cc1O. The van der Waals surface area contributed by atoms with Crippen LogP contribution >= 0.6 is 11.3 Å². The van der Waals surface area contributed by atoms with Crippen molar-refractivity contribution >= 4 is 17.1 Å². The first-order valence-corrected chi connectivity index (χ1v) is 5.76. The van der Waals surface area contributed by atoms with Crippen LogP contribution in [0.2, 0.25) is 0 Å². The van der Waals surface area contributed by atoms with Gasteiger partial charge in [0.25, 0.3) is 0 Å². The maximum Gasteiger partial charge on any atom is 0.175 e. The molecule has 0 atom stereocenters. The van der Waals surface area contributed by atoms with E-state index in [0.717, 1.165) is 17.0 Å². The van der Waals surface area contributed by atoms with Gasteiger partial charge in [-0.2, -0.15) is 0 Å². The Hall–Kier alpha value is -2.01. The van der Waals surface area contributed by atoms with E-state index in [-0.39, 0.29) is 23.5 Å². The molecule has 1 heterocycles. The number of carbonyl (C=O) groups excluding carboxylic acids is 1. The maximum absolute atomic E-state index is 11.9. The predicted octanol–water partition coefficient (Wildman–Crippen LogP) is 2.29. The second-order valence-electron chi connectivity index (χ2n) is 3.54. The average Bonchev–Trinajstić information content (AvgIpc) is 2.68. The highest BCUT2D eigenvalue weighted by molar-refractivity contribution is 7.10. The molecule has 5 heteroatoms. The van der Waals surface area contributed by atoms with Gasteiger partial charge in [0.2, 0.25) is 0 Å². The number of thiophene rings is 1. The van der Waals surface area contributed by atoms with E-state index in [4.69, 9.17) is 5.11 Å². The molecule has 88 valence electrons. The number of phenolic OH excluding ortho intramolecular Hbond substituents is 3. The number of benzene rings is 1. The standard InChI is InChI=1S/C12H10O4S/c13-7-4-9(14)12(10(15)5-7)11(16)6-8-2-1-3-17-8/h1-5,13-15H,6H2. The molecule has 0 aliphatic heterocycles. The fourth-order valence-electron chi connectivity index (χ4n) is 1.54. The number of phenols is 3. The van der Waals surface area contributed by atoms with E-state index in [1.165, 1.54) is 11.3 Å². The van der Waals surface area contributed by atoms with Gasteiger partial charge in [-0.3, -0.25) is 4.79 Å². The van der Waals surface area contributed by atoms with Crippen molar-refractivity contribution in [3.8, 4) is 17.2 Å². The molecule has 0 aliphatic carbocycles. The fraction of sp³-hybridized carbons (Fsp3) is 0.0833. The zero-order chi connectivity index (χ0) is 12.4. The van der Waals surface area contributed by atoms with Crippen LogP contribution in [0.3, 0.4) is 0 Å². The Labute approximate surface area is 101 Å².